The summed E-state index contributed by atoms with van der Waals surface area (Å²) in [6.07, 6.45) is 1.38. The summed E-state index contributed by atoms with van der Waals surface area (Å²) in [5.41, 5.74) is 1.98. The summed E-state index contributed by atoms with van der Waals surface area (Å²) in [4.78, 5) is 14.1. The maximum absolute atomic E-state index is 12.4. The van der Waals surface area contributed by atoms with Gasteiger partial charge in [0.25, 0.3) is 0 Å². The van der Waals surface area contributed by atoms with E-state index in [-0.39, 0.29) is 24.7 Å². The van der Waals surface area contributed by atoms with E-state index in [4.69, 9.17) is 9.84 Å². The molecule has 1 saturated heterocycles. The lowest BCUT2D eigenvalue weighted by molar-refractivity contribution is -0.140. The molecule has 0 aliphatic carbocycles. The molecular weight excluding hydrogens is 254 g/mol. The molecule has 0 radical (unpaired) electrons. The number of carbonyl (C=O) groups is 1. The van der Waals surface area contributed by atoms with Crippen molar-refractivity contribution in [3.8, 4) is 0 Å². The van der Waals surface area contributed by atoms with Gasteiger partial charge in [0.1, 0.15) is 0 Å². The molecule has 1 N–H and O–H groups in total. The van der Waals surface area contributed by atoms with Crippen molar-refractivity contribution in [1.82, 2.24) is 4.90 Å². The molecule has 2 unspecified atom stereocenters. The highest BCUT2D eigenvalue weighted by atomic mass is 16.5. The first-order chi connectivity index (χ1) is 9.61. The lowest BCUT2D eigenvalue weighted by Gasteiger charge is -2.37. The van der Waals surface area contributed by atoms with Crippen LogP contribution in [0.4, 0.5) is 0 Å². The van der Waals surface area contributed by atoms with Gasteiger partial charge in [0.05, 0.1) is 25.4 Å². The highest BCUT2D eigenvalue weighted by Crippen LogP contribution is 2.16. The third-order valence-electron chi connectivity index (χ3n) is 3.56. The van der Waals surface area contributed by atoms with Crippen LogP contribution in [0, 0.1) is 0 Å². The zero-order valence-electron chi connectivity index (χ0n) is 12.0. The van der Waals surface area contributed by atoms with Crippen molar-refractivity contribution in [2.75, 3.05) is 19.8 Å². The number of morpholine rings is 1. The fourth-order valence-corrected chi connectivity index (χ4v) is 2.29. The van der Waals surface area contributed by atoms with Gasteiger partial charge in [0, 0.05) is 12.6 Å². The molecule has 1 heterocycles. The van der Waals surface area contributed by atoms with Crippen molar-refractivity contribution in [2.45, 2.75) is 26.0 Å². The van der Waals surface area contributed by atoms with Gasteiger partial charge in [0.15, 0.2) is 0 Å². The molecule has 0 aromatic heterocycles. The SMILES string of the molecule is C/C(=C/C(=O)N1CC(CO)OCC1C)c1ccccc1. The second-order valence-corrected chi connectivity index (χ2v) is 5.17. The number of nitrogens with zero attached hydrogens (tertiary/aromatic N) is 1. The Hall–Kier alpha value is -1.65. The number of ether oxygens (including phenoxy) is 1. The minimum absolute atomic E-state index is 0.0272. The highest BCUT2D eigenvalue weighted by Gasteiger charge is 2.28. The zero-order valence-corrected chi connectivity index (χ0v) is 12.0. The van der Waals surface area contributed by atoms with Crippen molar-refractivity contribution < 1.29 is 14.6 Å². The number of aliphatic hydroxyl groups is 1. The normalized spacial score (nSPS) is 23.8. The van der Waals surface area contributed by atoms with Crippen molar-refractivity contribution in [3.05, 3.63) is 42.0 Å². The first kappa shape index (κ1) is 14.8. The van der Waals surface area contributed by atoms with Crippen LogP contribution in [-0.4, -0.2) is 47.8 Å². The molecule has 108 valence electrons. The topological polar surface area (TPSA) is 49.8 Å². The molecule has 1 aliphatic heterocycles. The number of hydrogen-bond acceptors (Lipinski definition) is 3. The second kappa shape index (κ2) is 6.68. The van der Waals surface area contributed by atoms with Gasteiger partial charge in [-0.25, -0.2) is 0 Å². The summed E-state index contributed by atoms with van der Waals surface area (Å²) < 4.78 is 5.44. The van der Waals surface area contributed by atoms with Crippen molar-refractivity contribution >= 4 is 11.5 Å². The average molecular weight is 275 g/mol. The fourth-order valence-electron chi connectivity index (χ4n) is 2.29. The average Bonchev–Trinajstić information content (AvgIpc) is 2.48. The van der Waals surface area contributed by atoms with Crippen LogP contribution < -0.4 is 0 Å². The van der Waals surface area contributed by atoms with Crippen LogP contribution >= 0.6 is 0 Å². The fraction of sp³-hybridized carbons (Fsp3) is 0.438. The van der Waals surface area contributed by atoms with Gasteiger partial charge in [-0.2, -0.15) is 0 Å². The molecule has 20 heavy (non-hydrogen) atoms. The van der Waals surface area contributed by atoms with Crippen molar-refractivity contribution in [2.24, 2.45) is 0 Å². The van der Waals surface area contributed by atoms with E-state index in [1.165, 1.54) is 0 Å². The van der Waals surface area contributed by atoms with E-state index >= 15 is 0 Å². The van der Waals surface area contributed by atoms with Crippen LogP contribution in [0.1, 0.15) is 19.4 Å². The molecule has 4 heteroatoms. The quantitative estimate of drug-likeness (QED) is 0.854. The van der Waals surface area contributed by atoms with Crippen LogP contribution in [-0.2, 0) is 9.53 Å². The molecular formula is C16H21NO3. The van der Waals surface area contributed by atoms with E-state index < -0.39 is 0 Å². The second-order valence-electron chi connectivity index (χ2n) is 5.17. The molecule has 1 aromatic carbocycles. The zero-order chi connectivity index (χ0) is 14.5. The van der Waals surface area contributed by atoms with Crippen LogP contribution in [0.15, 0.2) is 36.4 Å². The molecule has 1 fully saturated rings. The maximum Gasteiger partial charge on any atom is 0.247 e. The summed E-state index contributed by atoms with van der Waals surface area (Å²) in [6, 6.07) is 9.86. The Balaban J connectivity index is 2.10. The number of carbonyl (C=O) groups excluding carboxylic acids is 1. The Morgan fingerprint density at radius 3 is 2.80 bits per heavy atom. The van der Waals surface area contributed by atoms with Gasteiger partial charge in [-0.3, -0.25) is 4.79 Å². The lowest BCUT2D eigenvalue weighted by Crippen LogP contribution is -2.51. The van der Waals surface area contributed by atoms with E-state index in [9.17, 15) is 4.79 Å². The van der Waals surface area contributed by atoms with Crippen LogP contribution in [0.3, 0.4) is 0 Å². The molecule has 0 bridgehead atoms. The Labute approximate surface area is 119 Å². The first-order valence-corrected chi connectivity index (χ1v) is 6.88. The Bertz CT molecular complexity index is 484. The van der Waals surface area contributed by atoms with Crippen LogP contribution in [0.5, 0.6) is 0 Å². The van der Waals surface area contributed by atoms with Gasteiger partial charge in [-0.1, -0.05) is 30.3 Å². The van der Waals surface area contributed by atoms with Gasteiger partial charge in [-0.05, 0) is 25.0 Å². The summed E-state index contributed by atoms with van der Waals surface area (Å²) in [5, 5.41) is 9.16. The Morgan fingerprint density at radius 2 is 2.15 bits per heavy atom. The van der Waals surface area contributed by atoms with Gasteiger partial charge in [0.2, 0.25) is 5.91 Å². The van der Waals surface area contributed by atoms with Gasteiger partial charge in [-0.15, -0.1) is 0 Å². The standard InChI is InChI=1S/C16H21NO3/c1-12(14-6-4-3-5-7-14)8-16(19)17-9-15(10-18)20-11-13(17)2/h3-8,13,15,18H,9-11H2,1-2H3/b12-8-. The van der Waals surface area contributed by atoms with Gasteiger partial charge < -0.3 is 14.7 Å². The predicted octanol–water partition coefficient (Wildman–Crippen LogP) is 1.70. The third kappa shape index (κ3) is 3.46. The van der Waals surface area contributed by atoms with E-state index in [1.54, 1.807) is 11.0 Å². The highest BCUT2D eigenvalue weighted by molar-refractivity contribution is 5.95. The lowest BCUT2D eigenvalue weighted by atomic mass is 10.1. The predicted molar refractivity (Wildman–Crippen MR) is 78.1 cm³/mol. The monoisotopic (exact) mass is 275 g/mol. The number of allylic oxidation sites excluding steroid dienone is 1. The molecule has 2 atom stereocenters. The van der Waals surface area contributed by atoms with Gasteiger partial charge >= 0.3 is 0 Å². The van der Waals surface area contributed by atoms with E-state index in [1.807, 2.05) is 44.2 Å². The summed E-state index contributed by atoms with van der Waals surface area (Å²) in [5.74, 6) is -0.0272. The Kier molecular flexibility index (Phi) is 4.93. The molecule has 0 saturated carbocycles. The first-order valence-electron chi connectivity index (χ1n) is 6.88. The molecule has 1 aromatic rings. The molecule has 2 rings (SSSR count). The number of amides is 1. The minimum atomic E-state index is -0.277. The molecule has 1 aliphatic rings. The van der Waals surface area contributed by atoms with Crippen LogP contribution in [0.25, 0.3) is 5.57 Å². The number of rotatable bonds is 3. The summed E-state index contributed by atoms with van der Waals surface area (Å²) in [7, 11) is 0. The summed E-state index contributed by atoms with van der Waals surface area (Å²) >= 11 is 0. The van der Waals surface area contributed by atoms with Crippen LogP contribution in [0.2, 0.25) is 0 Å². The third-order valence-corrected chi connectivity index (χ3v) is 3.56. The van der Waals surface area contributed by atoms with E-state index in [0.717, 1.165) is 11.1 Å². The largest absolute Gasteiger partial charge is 0.394 e. The molecule has 4 nitrogen and oxygen atoms in total. The maximum atomic E-state index is 12.4. The number of hydrogen-bond donors (Lipinski definition) is 1. The number of benzene rings is 1. The minimum Gasteiger partial charge on any atom is -0.394 e. The van der Waals surface area contributed by atoms with Crippen molar-refractivity contribution in [1.29, 1.82) is 0 Å². The number of aliphatic hydroxyl groups excluding tert-OH is 1. The summed E-state index contributed by atoms with van der Waals surface area (Å²) in [6.45, 7) is 4.74. The van der Waals surface area contributed by atoms with E-state index in [0.29, 0.717) is 13.2 Å². The molecule has 0 spiro atoms. The smallest absolute Gasteiger partial charge is 0.247 e. The molecule has 1 amide bonds. The van der Waals surface area contributed by atoms with E-state index in [2.05, 4.69) is 0 Å². The van der Waals surface area contributed by atoms with Crippen molar-refractivity contribution in [3.63, 3.8) is 0 Å². The Morgan fingerprint density at radius 1 is 1.45 bits per heavy atom.